The van der Waals surface area contributed by atoms with E-state index in [1.807, 2.05) is 0 Å². The van der Waals surface area contributed by atoms with Gasteiger partial charge in [-0.15, -0.1) is 0 Å². The third-order valence-electron chi connectivity index (χ3n) is 7.87. The van der Waals surface area contributed by atoms with Crippen LogP contribution in [0.1, 0.15) is 168 Å². The van der Waals surface area contributed by atoms with E-state index < -0.39 is 20.0 Å². The number of allylic oxidation sites excluding steroid dienone is 2. The van der Waals surface area contributed by atoms with E-state index in [-0.39, 0.29) is 25.7 Å². The van der Waals surface area contributed by atoms with Crippen LogP contribution in [0.4, 0.5) is 0 Å². The zero-order valence-electron chi connectivity index (χ0n) is 28.0. The number of phosphoric acid groups is 1. The third kappa shape index (κ3) is 29.7. The van der Waals surface area contributed by atoms with Crippen LogP contribution >= 0.6 is 7.82 Å². The topological polar surface area (TPSA) is 131 Å². The highest BCUT2D eigenvalue weighted by Crippen LogP contribution is 2.43. The average Bonchev–Trinajstić information content (AvgIpc) is 2.99. The lowest BCUT2D eigenvalue weighted by molar-refractivity contribution is -0.123. The molecule has 3 atom stereocenters. The van der Waals surface area contributed by atoms with Crippen molar-refractivity contribution in [3.8, 4) is 0 Å². The van der Waals surface area contributed by atoms with Crippen LogP contribution < -0.4 is 11.1 Å². The zero-order valence-corrected chi connectivity index (χ0v) is 28.8. The molecule has 3 unspecified atom stereocenters. The van der Waals surface area contributed by atoms with Crippen molar-refractivity contribution in [2.45, 2.75) is 180 Å². The lowest BCUT2D eigenvalue weighted by Crippen LogP contribution is -2.46. The molecule has 0 spiro atoms. The lowest BCUT2D eigenvalue weighted by atomic mass is 10.0. The van der Waals surface area contributed by atoms with Gasteiger partial charge in [-0.05, 0) is 32.1 Å². The van der Waals surface area contributed by atoms with E-state index in [9.17, 15) is 19.4 Å². The zero-order chi connectivity index (χ0) is 31.9. The Balaban J connectivity index is 4.30. The first-order chi connectivity index (χ1) is 20.9. The summed E-state index contributed by atoms with van der Waals surface area (Å²) in [5.74, 6) is -0.174. The first-order valence-corrected chi connectivity index (χ1v) is 19.3. The molecule has 0 aliphatic rings. The molecule has 0 aromatic carbocycles. The smallest absolute Gasteiger partial charge is 0.391 e. The van der Waals surface area contributed by atoms with E-state index in [0.717, 1.165) is 51.4 Å². The Morgan fingerprint density at radius 2 is 1.23 bits per heavy atom. The molecule has 0 radical (unpaired) electrons. The Bertz CT molecular complexity index is 694. The molecule has 0 aromatic rings. The second-order valence-corrected chi connectivity index (χ2v) is 13.5. The van der Waals surface area contributed by atoms with Crippen LogP contribution in [0, 0.1) is 0 Å². The minimum atomic E-state index is -4.30. The van der Waals surface area contributed by atoms with Crippen molar-refractivity contribution in [2.24, 2.45) is 5.73 Å². The molecule has 1 amide bonds. The number of hydrogen-bond donors (Lipinski definition) is 4. The summed E-state index contributed by atoms with van der Waals surface area (Å²) < 4.78 is 22.0. The highest BCUT2D eigenvalue weighted by atomic mass is 31.2. The number of nitrogens with two attached hydrogens (primary N) is 1. The molecule has 0 fully saturated rings. The van der Waals surface area contributed by atoms with Crippen molar-refractivity contribution in [2.75, 3.05) is 19.8 Å². The molecule has 9 heteroatoms. The van der Waals surface area contributed by atoms with Crippen LogP contribution in [-0.4, -0.2) is 47.8 Å². The quantitative estimate of drug-likeness (QED) is 0.0323. The van der Waals surface area contributed by atoms with Gasteiger partial charge in [-0.3, -0.25) is 13.8 Å². The molecule has 43 heavy (non-hydrogen) atoms. The van der Waals surface area contributed by atoms with Crippen molar-refractivity contribution in [3.05, 3.63) is 12.2 Å². The SMILES string of the molecule is CCCC/C=C\CCCCCCCC(=O)NC(COP(=O)(O)OCCN)C(O)CCCCCCCCCCCCCCC. The van der Waals surface area contributed by atoms with E-state index in [2.05, 4.69) is 31.3 Å². The molecule has 0 rings (SSSR count). The number of rotatable bonds is 33. The Morgan fingerprint density at radius 1 is 0.744 bits per heavy atom. The van der Waals surface area contributed by atoms with Gasteiger partial charge >= 0.3 is 7.82 Å². The highest BCUT2D eigenvalue weighted by Gasteiger charge is 2.27. The molecule has 0 aliphatic heterocycles. The summed E-state index contributed by atoms with van der Waals surface area (Å²) >= 11 is 0. The molecule has 256 valence electrons. The van der Waals surface area contributed by atoms with E-state index >= 15 is 0 Å². The Hall–Kier alpha value is -0.760. The minimum absolute atomic E-state index is 0.0887. The largest absolute Gasteiger partial charge is 0.472 e. The van der Waals surface area contributed by atoms with E-state index in [1.165, 1.54) is 89.9 Å². The molecule has 8 nitrogen and oxygen atoms in total. The molecule has 0 saturated heterocycles. The van der Waals surface area contributed by atoms with Gasteiger partial charge in [0.2, 0.25) is 5.91 Å². The van der Waals surface area contributed by atoms with Crippen LogP contribution in [0.15, 0.2) is 12.2 Å². The first kappa shape index (κ1) is 42.2. The Kier molecular flexibility index (Phi) is 30.7. The molecule has 0 aromatic heterocycles. The van der Waals surface area contributed by atoms with Crippen LogP contribution in [0.25, 0.3) is 0 Å². The molecule has 5 N–H and O–H groups in total. The number of carbonyl (C=O) groups is 1. The fourth-order valence-electron chi connectivity index (χ4n) is 5.12. The first-order valence-electron chi connectivity index (χ1n) is 17.8. The van der Waals surface area contributed by atoms with Crippen molar-refractivity contribution < 1.29 is 28.4 Å². The fourth-order valence-corrected chi connectivity index (χ4v) is 5.88. The van der Waals surface area contributed by atoms with Gasteiger partial charge in [0.1, 0.15) is 0 Å². The maximum Gasteiger partial charge on any atom is 0.472 e. The number of unbranched alkanes of at least 4 members (excludes halogenated alkanes) is 19. The van der Waals surface area contributed by atoms with Gasteiger partial charge < -0.3 is 21.1 Å². The monoisotopic (exact) mass is 632 g/mol. The van der Waals surface area contributed by atoms with E-state index in [0.29, 0.717) is 12.8 Å². The van der Waals surface area contributed by atoms with Gasteiger partial charge in [0.15, 0.2) is 0 Å². The van der Waals surface area contributed by atoms with Crippen molar-refractivity contribution in [1.82, 2.24) is 5.32 Å². The number of hydrogen-bond acceptors (Lipinski definition) is 6. The fraction of sp³-hybridized carbons (Fsp3) is 0.912. The van der Waals surface area contributed by atoms with E-state index in [4.69, 9.17) is 14.8 Å². The van der Waals surface area contributed by atoms with Gasteiger partial charge in [-0.1, -0.05) is 142 Å². The predicted octanol–water partition coefficient (Wildman–Crippen LogP) is 8.88. The van der Waals surface area contributed by atoms with Gasteiger partial charge in [-0.2, -0.15) is 0 Å². The Morgan fingerprint density at radius 3 is 1.79 bits per heavy atom. The lowest BCUT2D eigenvalue weighted by Gasteiger charge is -2.25. The number of amides is 1. The van der Waals surface area contributed by atoms with E-state index in [1.54, 1.807) is 0 Å². The van der Waals surface area contributed by atoms with Crippen LogP contribution in [0.3, 0.4) is 0 Å². The number of phosphoric ester groups is 1. The third-order valence-corrected chi connectivity index (χ3v) is 8.85. The maximum absolute atomic E-state index is 12.6. The van der Waals surface area contributed by atoms with Gasteiger partial charge in [0.05, 0.1) is 25.4 Å². The molecular weight excluding hydrogens is 563 g/mol. The summed E-state index contributed by atoms with van der Waals surface area (Å²) in [6, 6.07) is -0.772. The predicted molar refractivity (Wildman–Crippen MR) is 180 cm³/mol. The van der Waals surface area contributed by atoms with Crippen LogP contribution in [0.5, 0.6) is 0 Å². The van der Waals surface area contributed by atoms with Crippen LogP contribution in [0.2, 0.25) is 0 Å². The number of nitrogens with one attached hydrogen (secondary N) is 1. The summed E-state index contributed by atoms with van der Waals surface area (Å²) in [7, 11) is -4.30. The van der Waals surface area contributed by atoms with Crippen LogP contribution in [-0.2, 0) is 18.4 Å². The highest BCUT2D eigenvalue weighted by molar-refractivity contribution is 7.47. The standard InChI is InChI=1S/C34H69N2O6P/c1-3-5-7-9-11-13-15-16-18-19-21-23-25-27-33(37)32(31-42-43(39,40)41-30-29-35)36-34(38)28-26-24-22-20-17-14-12-10-8-6-4-2/h10,12,32-33,37H,3-9,11,13-31,35H2,1-2H3,(H,36,38)(H,39,40)/b12-10-. The summed E-state index contributed by atoms with van der Waals surface area (Å²) in [6.45, 7) is 4.14. The van der Waals surface area contributed by atoms with Gasteiger partial charge in [0, 0.05) is 13.0 Å². The second-order valence-electron chi connectivity index (χ2n) is 12.1. The number of carbonyl (C=O) groups excluding carboxylic acids is 1. The number of aliphatic hydroxyl groups excluding tert-OH is 1. The minimum Gasteiger partial charge on any atom is -0.391 e. The molecule has 0 heterocycles. The summed E-state index contributed by atoms with van der Waals surface area (Å²) in [5, 5.41) is 13.7. The Labute approximate surface area is 265 Å². The van der Waals surface area contributed by atoms with Crippen molar-refractivity contribution >= 4 is 13.7 Å². The summed E-state index contributed by atoms with van der Waals surface area (Å²) in [6.07, 6.45) is 30.7. The maximum atomic E-state index is 12.6. The summed E-state index contributed by atoms with van der Waals surface area (Å²) in [4.78, 5) is 22.5. The number of aliphatic hydroxyl groups is 1. The summed E-state index contributed by atoms with van der Waals surface area (Å²) in [5.41, 5.74) is 5.35. The molecule has 0 aliphatic carbocycles. The average molecular weight is 633 g/mol. The molecule has 0 bridgehead atoms. The molecule has 0 saturated carbocycles. The molecular formula is C34H69N2O6P. The van der Waals surface area contributed by atoms with Crippen molar-refractivity contribution in [3.63, 3.8) is 0 Å². The van der Waals surface area contributed by atoms with Gasteiger partial charge in [-0.25, -0.2) is 4.57 Å². The second kappa shape index (κ2) is 31.2. The van der Waals surface area contributed by atoms with Crippen molar-refractivity contribution in [1.29, 1.82) is 0 Å². The normalized spacial score (nSPS) is 14.6. The van der Waals surface area contributed by atoms with Gasteiger partial charge in [0.25, 0.3) is 0 Å².